The Kier molecular flexibility index (Phi) is 11.8. The van der Waals surface area contributed by atoms with Crippen LogP contribution < -0.4 is 0 Å². The molecule has 0 heterocycles. The van der Waals surface area contributed by atoms with Gasteiger partial charge in [0.05, 0.1) is 3.92 Å². The molecule has 0 aromatic heterocycles. The van der Waals surface area contributed by atoms with Gasteiger partial charge in [-0.2, -0.15) is 0 Å². The maximum Gasteiger partial charge on any atom is 0.128 e. The number of alkyl halides is 5. The first kappa shape index (κ1) is 18.6. The van der Waals surface area contributed by atoms with Crippen LogP contribution in [0.1, 0.15) is 26.2 Å². The third-order valence-corrected chi connectivity index (χ3v) is 14.5. The molecular weight excluding hydrogens is 759 g/mol. The van der Waals surface area contributed by atoms with Crippen LogP contribution in [0.4, 0.5) is 0 Å². The molecule has 6 heteroatoms. The third kappa shape index (κ3) is 7.09. The number of hydrogen-bond donors (Lipinski definition) is 1. The first-order chi connectivity index (χ1) is 6.86. The zero-order chi connectivity index (χ0) is 12.1. The molecule has 0 aliphatic carbocycles. The highest BCUT2D eigenvalue weighted by molar-refractivity contribution is 14.1. The average Bonchev–Trinajstić information content (AvgIpc) is 2.23. The highest BCUT2D eigenvalue weighted by Crippen LogP contribution is 2.39. The van der Waals surface area contributed by atoms with Crippen LogP contribution in [0.25, 0.3) is 0 Å². The van der Waals surface area contributed by atoms with Gasteiger partial charge in [-0.15, -0.1) is 0 Å². The van der Waals surface area contributed by atoms with Crippen molar-refractivity contribution >= 4 is 113 Å². The minimum absolute atomic E-state index is 0.319. The van der Waals surface area contributed by atoms with Crippen LogP contribution in [0.2, 0.25) is 0 Å². The van der Waals surface area contributed by atoms with E-state index in [1.165, 1.54) is 0 Å². The predicted molar refractivity (Wildman–Crippen MR) is 111 cm³/mol. The maximum atomic E-state index is 10.4. The highest BCUT2D eigenvalue weighted by Gasteiger charge is 2.38. The zero-order valence-electron chi connectivity index (χ0n) is 8.40. The molecule has 1 nitrogen and oxygen atoms in total. The van der Waals surface area contributed by atoms with Gasteiger partial charge < -0.3 is 5.11 Å². The Bertz CT molecular complexity index is 176. The van der Waals surface area contributed by atoms with Gasteiger partial charge in [0.15, 0.2) is 0 Å². The molecule has 92 valence electrons. The summed E-state index contributed by atoms with van der Waals surface area (Å²) in [5, 5.41) is 10.4. The van der Waals surface area contributed by atoms with E-state index in [2.05, 4.69) is 120 Å². The monoisotopic (exact) mass is 774 g/mol. The molecule has 1 N–H and O–H groups in total. The molecule has 0 bridgehead atoms. The van der Waals surface area contributed by atoms with Crippen molar-refractivity contribution in [2.24, 2.45) is 0 Å². The van der Waals surface area contributed by atoms with Crippen LogP contribution in [0.5, 0.6) is 0 Å². The van der Waals surface area contributed by atoms with Crippen molar-refractivity contribution in [3.8, 4) is 0 Å². The van der Waals surface area contributed by atoms with Gasteiger partial charge in [0.2, 0.25) is 0 Å². The molecule has 0 rings (SSSR count). The van der Waals surface area contributed by atoms with E-state index in [9.17, 15) is 5.11 Å². The lowest BCUT2D eigenvalue weighted by molar-refractivity contribution is 0.145. The van der Waals surface area contributed by atoms with Gasteiger partial charge in [0.25, 0.3) is 0 Å². The smallest absolute Gasteiger partial charge is 0.128 e. The third-order valence-electron chi connectivity index (χ3n) is 2.08. The zero-order valence-corrected chi connectivity index (χ0v) is 19.2. The van der Waals surface area contributed by atoms with E-state index in [-0.39, 0.29) is 0 Å². The Labute approximate surface area is 161 Å². The van der Waals surface area contributed by atoms with Crippen LogP contribution in [-0.4, -0.2) is 24.9 Å². The van der Waals surface area contributed by atoms with Crippen molar-refractivity contribution in [1.82, 2.24) is 0 Å². The molecule has 0 radical (unpaired) electrons. The molecule has 0 amide bonds. The number of hydrogen-bond acceptors (Lipinski definition) is 1. The Morgan fingerprint density at radius 1 is 1.27 bits per heavy atom. The SMILES string of the molecule is CCCCC(O)(I)C(I)C(I)C(I)CI. The fraction of sp³-hybridized carbons (Fsp3) is 1.00. The van der Waals surface area contributed by atoms with Crippen molar-refractivity contribution in [1.29, 1.82) is 0 Å². The van der Waals surface area contributed by atoms with Gasteiger partial charge in [0.1, 0.15) is 3.61 Å². The highest BCUT2D eigenvalue weighted by atomic mass is 127. The van der Waals surface area contributed by atoms with E-state index in [4.69, 9.17) is 0 Å². The average molecular weight is 774 g/mol. The summed E-state index contributed by atoms with van der Waals surface area (Å²) in [4.78, 5) is 0. The lowest BCUT2D eigenvalue weighted by atomic mass is 10.1. The van der Waals surface area contributed by atoms with Crippen LogP contribution >= 0.6 is 113 Å². The fourth-order valence-corrected chi connectivity index (χ4v) is 6.92. The first-order valence-electron chi connectivity index (χ1n) is 4.76. The van der Waals surface area contributed by atoms with Gasteiger partial charge >= 0.3 is 0 Å². The first-order valence-corrected chi connectivity index (χ1v) is 11.1. The molecule has 0 aromatic carbocycles. The molecular formula is C9H15I5O. The molecule has 0 spiro atoms. The standard InChI is InChI=1S/C9H15I5O/c1-2-3-4-9(14,15)8(13)7(12)6(11)5-10/h6-8,15H,2-5H2,1H3. The molecule has 0 saturated heterocycles. The van der Waals surface area contributed by atoms with Gasteiger partial charge in [-0.25, -0.2) is 0 Å². The molecule has 15 heavy (non-hydrogen) atoms. The summed E-state index contributed by atoms with van der Waals surface area (Å²) in [5.74, 6) is 0. The van der Waals surface area contributed by atoms with Gasteiger partial charge in [-0.05, 0) is 29.0 Å². The Morgan fingerprint density at radius 3 is 2.20 bits per heavy atom. The van der Waals surface area contributed by atoms with E-state index >= 15 is 0 Å². The van der Waals surface area contributed by atoms with E-state index in [0.717, 1.165) is 23.7 Å². The van der Waals surface area contributed by atoms with Crippen molar-refractivity contribution < 1.29 is 5.11 Å². The summed E-state index contributed by atoms with van der Waals surface area (Å²) >= 11 is 12.0. The van der Waals surface area contributed by atoms with Crippen molar-refractivity contribution in [2.75, 3.05) is 4.43 Å². The number of aliphatic hydroxyl groups is 1. The van der Waals surface area contributed by atoms with E-state index in [1.54, 1.807) is 0 Å². The number of rotatable bonds is 7. The molecule has 4 atom stereocenters. The maximum absolute atomic E-state index is 10.4. The van der Waals surface area contributed by atoms with Gasteiger partial charge in [-0.1, -0.05) is 110 Å². The second-order valence-electron chi connectivity index (χ2n) is 3.44. The summed E-state index contributed by atoms with van der Waals surface area (Å²) < 4.78 is 2.08. The fourth-order valence-electron chi connectivity index (χ4n) is 1.08. The molecule has 0 aliphatic rings. The Hall–Kier alpha value is 3.61. The summed E-state index contributed by atoms with van der Waals surface area (Å²) in [6, 6.07) is 0. The number of halogens is 5. The van der Waals surface area contributed by atoms with E-state index in [1.807, 2.05) is 0 Å². The largest absolute Gasteiger partial charge is 0.378 e. The van der Waals surface area contributed by atoms with Crippen LogP contribution in [-0.2, 0) is 0 Å². The van der Waals surface area contributed by atoms with Crippen LogP contribution in [0.15, 0.2) is 0 Å². The van der Waals surface area contributed by atoms with E-state index in [0.29, 0.717) is 11.8 Å². The second-order valence-corrected chi connectivity index (χ2v) is 10.6. The topological polar surface area (TPSA) is 20.2 Å². The second kappa shape index (κ2) is 9.50. The van der Waals surface area contributed by atoms with Crippen LogP contribution in [0, 0.1) is 0 Å². The summed E-state index contributed by atoms with van der Waals surface area (Å²) in [6.07, 6.45) is 3.17. The molecule has 0 aromatic rings. The Balaban J connectivity index is 4.32. The summed E-state index contributed by atoms with van der Waals surface area (Å²) in [6.45, 7) is 2.17. The van der Waals surface area contributed by atoms with Crippen molar-refractivity contribution in [3.63, 3.8) is 0 Å². The quantitative estimate of drug-likeness (QED) is 0.281. The lowest BCUT2D eigenvalue weighted by Crippen LogP contribution is -2.41. The number of unbranched alkanes of at least 4 members (excludes halogenated alkanes) is 1. The summed E-state index contributed by atoms with van der Waals surface area (Å²) in [7, 11) is 0. The predicted octanol–water partition coefficient (Wildman–Crippen LogP) is 5.15. The Morgan fingerprint density at radius 2 is 1.80 bits per heavy atom. The molecule has 0 fully saturated rings. The van der Waals surface area contributed by atoms with Gasteiger partial charge in [0, 0.05) is 12.3 Å². The van der Waals surface area contributed by atoms with Gasteiger partial charge in [-0.3, -0.25) is 0 Å². The van der Waals surface area contributed by atoms with Crippen molar-refractivity contribution in [2.45, 2.75) is 41.6 Å². The van der Waals surface area contributed by atoms with E-state index < -0.39 is 3.61 Å². The summed E-state index contributed by atoms with van der Waals surface area (Å²) in [5.41, 5.74) is 0. The minimum atomic E-state index is -0.546. The van der Waals surface area contributed by atoms with Crippen molar-refractivity contribution in [3.05, 3.63) is 0 Å². The molecule has 0 saturated carbocycles. The molecule has 0 aliphatic heterocycles. The minimum Gasteiger partial charge on any atom is -0.378 e. The molecule has 4 unspecified atom stereocenters. The lowest BCUT2D eigenvalue weighted by Gasteiger charge is -2.32. The van der Waals surface area contributed by atoms with Crippen LogP contribution in [0.3, 0.4) is 0 Å². The normalized spacial score (nSPS) is 21.8.